The summed E-state index contributed by atoms with van der Waals surface area (Å²) in [4.78, 5) is 54.1. The summed E-state index contributed by atoms with van der Waals surface area (Å²) in [6.45, 7) is 3.37. The number of benzene rings is 1. The Balaban J connectivity index is 1.55. The average Bonchev–Trinajstić information content (AvgIpc) is 3.30. The molecule has 1 aliphatic heterocycles. The summed E-state index contributed by atoms with van der Waals surface area (Å²) in [5, 5.41) is 9.43. The quantitative estimate of drug-likeness (QED) is 0.255. The molecule has 5 rings (SSSR count). The molecule has 42 heavy (non-hydrogen) atoms. The molecule has 0 spiro atoms. The van der Waals surface area contributed by atoms with Crippen LogP contribution in [0.2, 0.25) is 0 Å². The second kappa shape index (κ2) is 12.4. The minimum Gasteiger partial charge on any atom is -0.478 e. The lowest BCUT2D eigenvalue weighted by Crippen LogP contribution is -2.17. The largest absolute Gasteiger partial charge is 0.478 e. The molecule has 1 atom stereocenters. The van der Waals surface area contributed by atoms with E-state index < -0.39 is 30.6 Å². The number of pyridine rings is 2. The van der Waals surface area contributed by atoms with Crippen LogP contribution in [0.5, 0.6) is 0 Å². The number of carbonyl (C=O) groups is 3. The number of ether oxygens (including phenoxy) is 2. The Morgan fingerprint density at radius 2 is 1.83 bits per heavy atom. The zero-order chi connectivity index (χ0) is 29.8. The molecule has 0 radical (unpaired) electrons. The summed E-state index contributed by atoms with van der Waals surface area (Å²) >= 11 is 3.58. The van der Waals surface area contributed by atoms with Crippen LogP contribution in [0.3, 0.4) is 0 Å². The molecule has 0 unspecified atom stereocenters. The van der Waals surface area contributed by atoms with Crippen LogP contribution in [0.4, 0.5) is 0 Å². The summed E-state index contributed by atoms with van der Waals surface area (Å²) in [7, 11) is 0. The lowest BCUT2D eigenvalue weighted by Gasteiger charge is -2.14. The molecule has 0 saturated carbocycles. The van der Waals surface area contributed by atoms with Crippen molar-refractivity contribution >= 4 is 39.5 Å². The molecule has 0 amide bonds. The highest BCUT2D eigenvalue weighted by atomic mass is 79.9. The van der Waals surface area contributed by atoms with Crippen molar-refractivity contribution in [3.05, 3.63) is 94.0 Å². The zero-order valence-corrected chi connectivity index (χ0v) is 24.4. The molecule has 4 aromatic rings. The number of halogens is 1. The monoisotopic (exact) mass is 631 g/mol. The molecular weight excluding hydrogens is 606 g/mol. The van der Waals surface area contributed by atoms with Crippen LogP contribution in [-0.2, 0) is 19.1 Å². The van der Waals surface area contributed by atoms with Crippen molar-refractivity contribution in [1.29, 1.82) is 0 Å². The third-order valence-corrected chi connectivity index (χ3v) is 7.10. The van der Waals surface area contributed by atoms with Crippen molar-refractivity contribution in [3.63, 3.8) is 0 Å². The van der Waals surface area contributed by atoms with Crippen molar-refractivity contribution in [1.82, 2.24) is 19.5 Å². The maximum Gasteiger partial charge on any atom is 0.344 e. The topological polar surface area (TPSA) is 146 Å². The van der Waals surface area contributed by atoms with Crippen molar-refractivity contribution < 1.29 is 29.0 Å². The maximum atomic E-state index is 12.5. The summed E-state index contributed by atoms with van der Waals surface area (Å²) in [6.07, 6.45) is 6.54. The third-order valence-electron chi connectivity index (χ3n) is 6.60. The number of hydrogen-bond donors (Lipinski definition) is 1. The highest BCUT2D eigenvalue weighted by Crippen LogP contribution is 2.35. The second-order valence-electron chi connectivity index (χ2n) is 9.45. The molecule has 1 aliphatic rings. The number of hydrogen-bond acceptors (Lipinski definition) is 9. The second-order valence-corrected chi connectivity index (χ2v) is 10.4. The van der Waals surface area contributed by atoms with Gasteiger partial charge in [-0.3, -0.25) is 24.3 Å². The molecule has 0 saturated heterocycles. The number of nitrogens with zero attached hydrogens (tertiary/aromatic N) is 5. The fourth-order valence-corrected chi connectivity index (χ4v) is 5.06. The van der Waals surface area contributed by atoms with E-state index in [1.807, 2.05) is 35.8 Å². The SMILES string of the molecule is CCOC(=O)COC(=O)CC[C@@H]1N=C(c2cc(-c3cncc(C(=O)O)c3)ccn2)c2cc(Br)ccc2-n2c(C)cnc21. The Hall–Kier alpha value is -4.71. The molecule has 1 N–H and O–H groups in total. The number of aromatic carboxylic acids is 1. The van der Waals surface area contributed by atoms with Crippen LogP contribution in [-0.4, -0.2) is 61.5 Å². The van der Waals surface area contributed by atoms with Crippen molar-refractivity contribution in [2.75, 3.05) is 13.2 Å². The molecular formula is C30H26BrN5O6. The first-order valence-corrected chi connectivity index (χ1v) is 13.9. The van der Waals surface area contributed by atoms with Crippen LogP contribution in [0.15, 0.2) is 70.7 Å². The summed E-state index contributed by atoms with van der Waals surface area (Å²) in [5.74, 6) is -1.58. The summed E-state index contributed by atoms with van der Waals surface area (Å²) < 4.78 is 12.8. The van der Waals surface area contributed by atoms with Gasteiger partial charge in [0.1, 0.15) is 11.9 Å². The first-order valence-electron chi connectivity index (χ1n) is 13.1. The van der Waals surface area contributed by atoms with Gasteiger partial charge in [-0.15, -0.1) is 0 Å². The van der Waals surface area contributed by atoms with Gasteiger partial charge in [0, 0.05) is 52.5 Å². The van der Waals surface area contributed by atoms with Crippen LogP contribution in [0, 0.1) is 6.92 Å². The molecule has 0 fully saturated rings. The van der Waals surface area contributed by atoms with Gasteiger partial charge in [-0.25, -0.2) is 14.6 Å². The first kappa shape index (κ1) is 28.8. The predicted octanol–water partition coefficient (Wildman–Crippen LogP) is 4.88. The predicted molar refractivity (Wildman–Crippen MR) is 156 cm³/mol. The number of imidazole rings is 1. The molecule has 1 aromatic carbocycles. The van der Waals surface area contributed by atoms with E-state index in [9.17, 15) is 19.5 Å². The van der Waals surface area contributed by atoms with Gasteiger partial charge in [0.15, 0.2) is 6.61 Å². The van der Waals surface area contributed by atoms with Crippen LogP contribution in [0.25, 0.3) is 16.8 Å². The van der Waals surface area contributed by atoms with E-state index in [0.29, 0.717) is 28.4 Å². The van der Waals surface area contributed by atoms with Gasteiger partial charge in [-0.05, 0) is 62.2 Å². The Bertz CT molecular complexity index is 1720. The number of esters is 2. The van der Waals surface area contributed by atoms with E-state index in [4.69, 9.17) is 14.5 Å². The molecule has 0 bridgehead atoms. The number of carboxylic acid groups (broad SMARTS) is 1. The van der Waals surface area contributed by atoms with Crippen molar-refractivity contribution in [3.8, 4) is 16.8 Å². The zero-order valence-electron chi connectivity index (χ0n) is 22.8. The fourth-order valence-electron chi connectivity index (χ4n) is 4.70. The summed E-state index contributed by atoms with van der Waals surface area (Å²) in [5.41, 5.74) is 5.05. The first-order chi connectivity index (χ1) is 20.2. The smallest absolute Gasteiger partial charge is 0.344 e. The number of carbonyl (C=O) groups excluding carboxylic acids is 2. The molecule has 4 heterocycles. The molecule has 12 heteroatoms. The highest BCUT2D eigenvalue weighted by molar-refractivity contribution is 9.10. The minimum absolute atomic E-state index is 0.00603. The van der Waals surface area contributed by atoms with Crippen molar-refractivity contribution in [2.24, 2.45) is 4.99 Å². The number of carboxylic acids is 1. The van der Waals surface area contributed by atoms with Gasteiger partial charge in [0.05, 0.1) is 29.3 Å². The summed E-state index contributed by atoms with van der Waals surface area (Å²) in [6, 6.07) is 10.5. The van der Waals surface area contributed by atoms with Gasteiger partial charge < -0.3 is 14.6 Å². The lowest BCUT2D eigenvalue weighted by atomic mass is 10.0. The van der Waals surface area contributed by atoms with Gasteiger partial charge in [0.25, 0.3) is 0 Å². The molecule has 0 aliphatic carbocycles. The van der Waals surface area contributed by atoms with Gasteiger partial charge in [-0.2, -0.15) is 0 Å². The minimum atomic E-state index is -1.07. The van der Waals surface area contributed by atoms with E-state index in [1.165, 1.54) is 6.20 Å². The molecule has 11 nitrogen and oxygen atoms in total. The van der Waals surface area contributed by atoms with Crippen molar-refractivity contribution in [2.45, 2.75) is 32.7 Å². The van der Waals surface area contributed by atoms with Gasteiger partial charge >= 0.3 is 17.9 Å². The molecule has 214 valence electrons. The number of aliphatic imine (C=N–C) groups is 1. The van der Waals surface area contributed by atoms with Crippen LogP contribution < -0.4 is 0 Å². The fraction of sp³-hybridized carbons (Fsp3) is 0.233. The van der Waals surface area contributed by atoms with E-state index >= 15 is 0 Å². The van der Waals surface area contributed by atoms with Crippen LogP contribution in [0.1, 0.15) is 58.9 Å². The van der Waals surface area contributed by atoms with E-state index in [-0.39, 0.29) is 25.0 Å². The van der Waals surface area contributed by atoms with Crippen LogP contribution >= 0.6 is 15.9 Å². The standard InChI is InChI=1S/C30H26BrN5O6/c1-3-41-27(38)16-42-26(37)7-5-23-29-34-13-17(2)36(29)25-6-4-21(31)12-22(25)28(35-23)24-11-18(8-9-33-24)19-10-20(30(39)40)15-32-14-19/h4,6,8-15,23H,3,5,7,16H2,1-2H3,(H,39,40)/t23-/m0/s1. The van der Waals surface area contributed by atoms with Gasteiger partial charge in [0.2, 0.25) is 0 Å². The Morgan fingerprint density at radius 3 is 2.62 bits per heavy atom. The Kier molecular flexibility index (Phi) is 8.53. The maximum absolute atomic E-state index is 12.5. The average molecular weight is 632 g/mol. The van der Waals surface area contributed by atoms with Gasteiger partial charge in [-0.1, -0.05) is 15.9 Å². The normalized spacial score (nSPS) is 13.8. The van der Waals surface area contributed by atoms with E-state index in [1.54, 1.807) is 37.6 Å². The Labute approximate surface area is 249 Å². The van der Waals surface area contributed by atoms with E-state index in [2.05, 4.69) is 30.9 Å². The van der Waals surface area contributed by atoms with E-state index in [0.717, 1.165) is 21.4 Å². The number of rotatable bonds is 9. The Morgan fingerprint density at radius 1 is 1.00 bits per heavy atom. The number of fused-ring (bicyclic) bond motifs is 3. The number of aromatic nitrogens is 4. The third kappa shape index (κ3) is 6.13. The highest BCUT2D eigenvalue weighted by Gasteiger charge is 2.29. The lowest BCUT2D eigenvalue weighted by molar-refractivity contribution is -0.158. The number of aryl methyl sites for hydroxylation is 1. The molecule has 3 aromatic heterocycles.